The number of nitrogens with two attached hydrogens (primary N) is 1. The Labute approximate surface area is 115 Å². The van der Waals surface area contributed by atoms with Crippen LogP contribution in [0, 0.1) is 0 Å². The van der Waals surface area contributed by atoms with Crippen LogP contribution in [0.15, 0.2) is 6.20 Å². The molecule has 1 aliphatic heterocycles. The van der Waals surface area contributed by atoms with Gasteiger partial charge in [0, 0.05) is 36.6 Å². The first-order valence-corrected chi connectivity index (χ1v) is 7.46. The van der Waals surface area contributed by atoms with Gasteiger partial charge in [0.15, 0.2) is 5.13 Å². The number of aromatic nitrogens is 4. The predicted molar refractivity (Wildman–Crippen MR) is 72.6 cm³/mol. The van der Waals surface area contributed by atoms with Gasteiger partial charge in [-0.15, -0.1) is 21.5 Å². The van der Waals surface area contributed by atoms with E-state index in [-0.39, 0.29) is 0 Å². The Kier molecular flexibility index (Phi) is 2.56. The molecule has 1 fully saturated rings. The Balaban J connectivity index is 1.49. The van der Waals surface area contributed by atoms with Crippen molar-refractivity contribution in [1.82, 2.24) is 24.6 Å². The molecule has 0 unspecified atom stereocenters. The maximum absolute atomic E-state index is 5.67. The Morgan fingerprint density at radius 1 is 1.32 bits per heavy atom. The summed E-state index contributed by atoms with van der Waals surface area (Å²) in [5.41, 5.74) is 5.67. The van der Waals surface area contributed by atoms with E-state index >= 15 is 0 Å². The van der Waals surface area contributed by atoms with Gasteiger partial charge in [0.25, 0.3) is 0 Å². The summed E-state index contributed by atoms with van der Waals surface area (Å²) >= 11 is 1.56. The molecule has 2 aliphatic rings. The third kappa shape index (κ3) is 2.12. The molecule has 7 heteroatoms. The van der Waals surface area contributed by atoms with E-state index in [1.165, 1.54) is 23.5 Å². The number of thiazole rings is 1. The van der Waals surface area contributed by atoms with Crippen molar-refractivity contribution in [2.24, 2.45) is 0 Å². The number of nitrogen functional groups attached to an aromatic ring is 1. The third-order valence-corrected chi connectivity index (χ3v) is 4.57. The fourth-order valence-electron chi connectivity index (χ4n) is 2.62. The third-order valence-electron chi connectivity index (χ3n) is 3.75. The molecule has 0 aromatic carbocycles. The quantitative estimate of drug-likeness (QED) is 0.912. The first-order chi connectivity index (χ1) is 9.29. The standard InChI is InChI=1S/C12H16N6S/c13-12-14-5-9(19-12)6-17-3-4-18-10(7-17)15-16-11(18)8-1-2-8/h5,8H,1-4,6-7H2,(H2,13,14). The number of fused-ring (bicyclic) bond motifs is 1. The maximum Gasteiger partial charge on any atom is 0.180 e. The molecule has 3 heterocycles. The van der Waals surface area contributed by atoms with Crippen LogP contribution in [0.2, 0.25) is 0 Å². The van der Waals surface area contributed by atoms with Gasteiger partial charge in [-0.05, 0) is 12.8 Å². The number of anilines is 1. The summed E-state index contributed by atoms with van der Waals surface area (Å²) in [4.78, 5) is 7.70. The summed E-state index contributed by atoms with van der Waals surface area (Å²) in [6.45, 7) is 3.82. The van der Waals surface area contributed by atoms with E-state index in [2.05, 4.69) is 24.6 Å². The highest BCUT2D eigenvalue weighted by molar-refractivity contribution is 7.15. The Morgan fingerprint density at radius 3 is 2.95 bits per heavy atom. The van der Waals surface area contributed by atoms with Gasteiger partial charge in [0.1, 0.15) is 11.6 Å². The highest BCUT2D eigenvalue weighted by Gasteiger charge is 2.32. The van der Waals surface area contributed by atoms with Crippen molar-refractivity contribution < 1.29 is 0 Å². The lowest BCUT2D eigenvalue weighted by atomic mass is 10.3. The van der Waals surface area contributed by atoms with E-state index in [4.69, 9.17) is 5.73 Å². The van der Waals surface area contributed by atoms with Crippen LogP contribution in [-0.2, 0) is 19.6 Å². The summed E-state index contributed by atoms with van der Waals surface area (Å²) in [6.07, 6.45) is 4.43. The van der Waals surface area contributed by atoms with E-state index in [1.54, 1.807) is 11.3 Å². The lowest BCUT2D eigenvalue weighted by Gasteiger charge is -2.27. The topological polar surface area (TPSA) is 72.9 Å². The van der Waals surface area contributed by atoms with E-state index in [1.807, 2.05) is 6.20 Å². The average Bonchev–Trinajstić information content (AvgIpc) is 3.04. The minimum absolute atomic E-state index is 0.645. The van der Waals surface area contributed by atoms with Crippen LogP contribution < -0.4 is 5.73 Å². The van der Waals surface area contributed by atoms with Crippen molar-refractivity contribution >= 4 is 16.5 Å². The highest BCUT2D eigenvalue weighted by Crippen LogP contribution is 2.39. The van der Waals surface area contributed by atoms with Crippen molar-refractivity contribution in [1.29, 1.82) is 0 Å². The zero-order valence-electron chi connectivity index (χ0n) is 10.6. The summed E-state index contributed by atoms with van der Waals surface area (Å²) in [5, 5.41) is 9.36. The van der Waals surface area contributed by atoms with Crippen LogP contribution in [0.1, 0.15) is 35.3 Å². The Hall–Kier alpha value is -1.47. The monoisotopic (exact) mass is 276 g/mol. The molecule has 0 bridgehead atoms. The van der Waals surface area contributed by atoms with Gasteiger partial charge in [0.2, 0.25) is 0 Å². The van der Waals surface area contributed by atoms with Gasteiger partial charge in [0.05, 0.1) is 6.54 Å². The first-order valence-electron chi connectivity index (χ1n) is 6.64. The minimum atomic E-state index is 0.645. The summed E-state index contributed by atoms with van der Waals surface area (Å²) < 4.78 is 2.31. The molecule has 4 rings (SSSR count). The number of rotatable bonds is 3. The molecule has 0 atom stereocenters. The lowest BCUT2D eigenvalue weighted by Crippen LogP contribution is -2.33. The van der Waals surface area contributed by atoms with Crippen LogP contribution in [0.4, 0.5) is 5.13 Å². The van der Waals surface area contributed by atoms with Crippen LogP contribution in [0.5, 0.6) is 0 Å². The van der Waals surface area contributed by atoms with Crippen molar-refractivity contribution in [2.75, 3.05) is 12.3 Å². The van der Waals surface area contributed by atoms with E-state index < -0.39 is 0 Å². The second kappa shape index (κ2) is 4.28. The van der Waals surface area contributed by atoms with Gasteiger partial charge in [-0.3, -0.25) is 4.90 Å². The predicted octanol–water partition coefficient (Wildman–Crippen LogP) is 1.21. The summed E-state index contributed by atoms with van der Waals surface area (Å²) in [6, 6.07) is 0. The molecular weight excluding hydrogens is 260 g/mol. The van der Waals surface area contributed by atoms with Gasteiger partial charge in [-0.25, -0.2) is 4.98 Å². The van der Waals surface area contributed by atoms with Crippen LogP contribution in [-0.4, -0.2) is 31.2 Å². The second-order valence-corrected chi connectivity index (χ2v) is 6.42. The first kappa shape index (κ1) is 11.4. The second-order valence-electron chi connectivity index (χ2n) is 5.28. The molecular formula is C12H16N6S. The molecule has 1 aliphatic carbocycles. The number of nitrogens with zero attached hydrogens (tertiary/aromatic N) is 5. The van der Waals surface area contributed by atoms with Crippen molar-refractivity contribution in [2.45, 2.75) is 38.4 Å². The van der Waals surface area contributed by atoms with Gasteiger partial charge in [-0.1, -0.05) is 0 Å². The lowest BCUT2D eigenvalue weighted by molar-refractivity contribution is 0.209. The zero-order chi connectivity index (χ0) is 12.8. The molecule has 2 aromatic heterocycles. The molecule has 0 amide bonds. The van der Waals surface area contributed by atoms with E-state index in [0.29, 0.717) is 11.0 Å². The minimum Gasteiger partial charge on any atom is -0.375 e. The molecule has 19 heavy (non-hydrogen) atoms. The Bertz CT molecular complexity index is 599. The highest BCUT2D eigenvalue weighted by atomic mass is 32.1. The smallest absolute Gasteiger partial charge is 0.180 e. The largest absolute Gasteiger partial charge is 0.375 e. The normalized spacial score (nSPS) is 19.6. The molecule has 6 nitrogen and oxygen atoms in total. The maximum atomic E-state index is 5.67. The molecule has 0 saturated heterocycles. The van der Waals surface area contributed by atoms with Crippen molar-refractivity contribution in [3.05, 3.63) is 22.7 Å². The van der Waals surface area contributed by atoms with Crippen LogP contribution in [0.3, 0.4) is 0 Å². The molecule has 100 valence electrons. The molecule has 0 radical (unpaired) electrons. The molecule has 0 spiro atoms. The van der Waals surface area contributed by atoms with E-state index in [0.717, 1.165) is 32.0 Å². The molecule has 2 N–H and O–H groups in total. The molecule has 1 saturated carbocycles. The van der Waals surface area contributed by atoms with Crippen molar-refractivity contribution in [3.8, 4) is 0 Å². The van der Waals surface area contributed by atoms with Gasteiger partial charge < -0.3 is 10.3 Å². The SMILES string of the molecule is Nc1ncc(CN2CCn3c(nnc3C3CC3)C2)s1. The van der Waals surface area contributed by atoms with Crippen LogP contribution in [0.25, 0.3) is 0 Å². The Morgan fingerprint density at radius 2 is 2.21 bits per heavy atom. The average molecular weight is 276 g/mol. The fourth-order valence-corrected chi connectivity index (χ4v) is 3.35. The van der Waals surface area contributed by atoms with Crippen molar-refractivity contribution in [3.63, 3.8) is 0 Å². The fraction of sp³-hybridized carbons (Fsp3) is 0.583. The van der Waals surface area contributed by atoms with E-state index in [9.17, 15) is 0 Å². The summed E-state index contributed by atoms with van der Waals surface area (Å²) in [5.74, 6) is 2.98. The summed E-state index contributed by atoms with van der Waals surface area (Å²) in [7, 11) is 0. The zero-order valence-corrected chi connectivity index (χ0v) is 11.4. The van der Waals surface area contributed by atoms with Crippen LogP contribution >= 0.6 is 11.3 Å². The number of hydrogen-bond donors (Lipinski definition) is 1. The van der Waals surface area contributed by atoms with Gasteiger partial charge in [-0.2, -0.15) is 0 Å². The van der Waals surface area contributed by atoms with Gasteiger partial charge >= 0.3 is 0 Å². The molecule has 2 aromatic rings. The number of hydrogen-bond acceptors (Lipinski definition) is 6.